The second-order valence-corrected chi connectivity index (χ2v) is 4.26. The molecule has 0 aromatic heterocycles. The molecule has 0 aliphatic carbocycles. The molecule has 2 rings (SSSR count). The lowest BCUT2D eigenvalue weighted by Crippen LogP contribution is -2.03. The molecule has 0 unspecified atom stereocenters. The van der Waals surface area contributed by atoms with E-state index in [9.17, 15) is 13.2 Å². The summed E-state index contributed by atoms with van der Waals surface area (Å²) in [5.74, 6) is -4.45. The van der Waals surface area contributed by atoms with E-state index in [1.165, 1.54) is 6.07 Å². The van der Waals surface area contributed by atoms with Gasteiger partial charge in [0.1, 0.15) is 11.6 Å². The fourth-order valence-corrected chi connectivity index (χ4v) is 1.75. The average Bonchev–Trinajstić information content (AvgIpc) is 2.47. The molecule has 0 radical (unpaired) electrons. The molecule has 2 aromatic rings. The van der Waals surface area contributed by atoms with Crippen molar-refractivity contribution in [1.29, 1.82) is 5.26 Å². The summed E-state index contributed by atoms with van der Waals surface area (Å²) in [4.78, 5) is 2.58. The van der Waals surface area contributed by atoms with Crippen LogP contribution in [0.4, 0.5) is 30.2 Å². The Bertz CT molecular complexity index is 784. The Morgan fingerprint density at radius 1 is 1.10 bits per heavy atom. The number of hydrogen-bond donors (Lipinski definition) is 1. The third-order valence-electron chi connectivity index (χ3n) is 2.84. The maximum absolute atomic E-state index is 13.9. The van der Waals surface area contributed by atoms with Crippen molar-refractivity contribution in [3.05, 3.63) is 64.3 Å². The molecule has 6 heteroatoms. The minimum Gasteiger partial charge on any atom is -0.352 e. The van der Waals surface area contributed by atoms with Crippen LogP contribution in [-0.4, -0.2) is 0 Å². The quantitative estimate of drug-likeness (QED) is 0.648. The molecule has 0 bridgehead atoms. The van der Waals surface area contributed by atoms with Gasteiger partial charge < -0.3 is 5.32 Å². The summed E-state index contributed by atoms with van der Waals surface area (Å²) in [5, 5.41) is 11.4. The van der Waals surface area contributed by atoms with Crippen LogP contribution in [0.5, 0.6) is 0 Å². The Morgan fingerprint density at radius 3 is 2.24 bits per heavy atom. The van der Waals surface area contributed by atoms with E-state index in [0.717, 1.165) is 5.56 Å². The van der Waals surface area contributed by atoms with Gasteiger partial charge >= 0.3 is 0 Å². The fraction of sp³-hybridized carbons (Fsp3) is 0.0667. The van der Waals surface area contributed by atoms with E-state index in [4.69, 9.17) is 11.8 Å². The monoisotopic (exact) mass is 287 g/mol. The fourth-order valence-electron chi connectivity index (χ4n) is 1.75. The van der Waals surface area contributed by atoms with Gasteiger partial charge in [-0.05, 0) is 19.1 Å². The number of nitriles is 1. The molecule has 0 spiro atoms. The second-order valence-electron chi connectivity index (χ2n) is 4.26. The number of benzene rings is 2. The molecule has 21 heavy (non-hydrogen) atoms. The van der Waals surface area contributed by atoms with E-state index in [1.54, 1.807) is 24.3 Å². The zero-order valence-corrected chi connectivity index (χ0v) is 10.8. The third-order valence-corrected chi connectivity index (χ3v) is 2.84. The number of nitrogens with one attached hydrogen (secondary N) is 1. The number of aryl methyl sites for hydroxylation is 1. The maximum Gasteiger partial charge on any atom is 0.261 e. The van der Waals surface area contributed by atoms with Crippen molar-refractivity contribution in [2.45, 2.75) is 6.92 Å². The van der Waals surface area contributed by atoms with Crippen LogP contribution in [0.15, 0.2) is 24.3 Å². The zero-order chi connectivity index (χ0) is 15.6. The lowest BCUT2D eigenvalue weighted by atomic mass is 10.1. The first-order valence-electron chi connectivity index (χ1n) is 5.81. The smallest absolute Gasteiger partial charge is 0.261 e. The van der Waals surface area contributed by atoms with E-state index in [1.807, 2.05) is 6.92 Å². The summed E-state index contributed by atoms with van der Waals surface area (Å²) >= 11 is 0. The molecule has 1 N–H and O–H groups in total. The topological polar surface area (TPSA) is 40.2 Å². The Balaban J connectivity index is 2.61. The van der Waals surface area contributed by atoms with Crippen molar-refractivity contribution in [3.63, 3.8) is 0 Å². The summed E-state index contributed by atoms with van der Waals surface area (Å²) in [5.41, 5.74) is -1.17. The normalized spacial score (nSPS) is 9.81. The molecule has 0 saturated carbocycles. The molecule has 0 atom stereocenters. The van der Waals surface area contributed by atoms with Crippen molar-refractivity contribution in [1.82, 2.24) is 0 Å². The summed E-state index contributed by atoms with van der Waals surface area (Å²) in [7, 11) is 0. The molecule has 0 heterocycles. The first-order valence-corrected chi connectivity index (χ1v) is 5.81. The number of halogens is 3. The maximum atomic E-state index is 13.9. The van der Waals surface area contributed by atoms with Crippen LogP contribution < -0.4 is 5.32 Å². The van der Waals surface area contributed by atoms with E-state index in [0.29, 0.717) is 5.69 Å². The molecule has 0 aliphatic heterocycles. The Morgan fingerprint density at radius 2 is 1.71 bits per heavy atom. The highest BCUT2D eigenvalue weighted by molar-refractivity contribution is 5.72. The molecule has 3 nitrogen and oxygen atoms in total. The number of anilines is 2. The molecule has 0 amide bonds. The van der Waals surface area contributed by atoms with Gasteiger partial charge in [-0.15, -0.1) is 0 Å². The van der Waals surface area contributed by atoms with Crippen molar-refractivity contribution < 1.29 is 13.2 Å². The van der Waals surface area contributed by atoms with Gasteiger partial charge in [-0.1, -0.05) is 17.7 Å². The Hall–Kier alpha value is -2.99. The van der Waals surface area contributed by atoms with E-state index in [2.05, 4.69) is 10.2 Å². The zero-order valence-electron chi connectivity index (χ0n) is 10.8. The van der Waals surface area contributed by atoms with Gasteiger partial charge in [0.25, 0.3) is 5.69 Å². The molecule has 0 aliphatic rings. The standard InChI is InChI=1S/C15H8F3N3/c1-8-3-5-9(6-4-8)21-14-10(7-19)11(16)15(20-2)13(18)12(14)17/h3-6,21H,1H3. The number of nitrogens with zero attached hydrogens (tertiary/aromatic N) is 2. The van der Waals surface area contributed by atoms with Crippen LogP contribution in [0.25, 0.3) is 4.85 Å². The van der Waals surface area contributed by atoms with Crippen LogP contribution in [-0.2, 0) is 0 Å². The van der Waals surface area contributed by atoms with Crippen molar-refractivity contribution in [2.75, 3.05) is 5.32 Å². The largest absolute Gasteiger partial charge is 0.352 e. The minimum absolute atomic E-state index is 0.366. The highest BCUT2D eigenvalue weighted by atomic mass is 19.2. The van der Waals surface area contributed by atoms with E-state index >= 15 is 0 Å². The van der Waals surface area contributed by atoms with Crippen LogP contribution >= 0.6 is 0 Å². The van der Waals surface area contributed by atoms with Gasteiger partial charge in [0.15, 0.2) is 17.5 Å². The predicted molar refractivity (Wildman–Crippen MR) is 71.8 cm³/mol. The second kappa shape index (κ2) is 5.56. The van der Waals surface area contributed by atoms with Crippen molar-refractivity contribution in [2.24, 2.45) is 0 Å². The Labute approximate surface area is 119 Å². The summed E-state index contributed by atoms with van der Waals surface area (Å²) in [6.07, 6.45) is 0. The van der Waals surface area contributed by atoms with Crippen molar-refractivity contribution in [3.8, 4) is 6.07 Å². The first kappa shape index (κ1) is 14.4. The molecule has 0 fully saturated rings. The molecule has 0 saturated heterocycles. The van der Waals surface area contributed by atoms with E-state index in [-0.39, 0.29) is 0 Å². The molecular weight excluding hydrogens is 279 g/mol. The average molecular weight is 287 g/mol. The summed E-state index contributed by atoms with van der Waals surface area (Å²) < 4.78 is 41.4. The lowest BCUT2D eigenvalue weighted by molar-refractivity contribution is 0.504. The Kier molecular flexibility index (Phi) is 3.82. The summed E-state index contributed by atoms with van der Waals surface area (Å²) in [6.45, 7) is 8.50. The summed E-state index contributed by atoms with van der Waals surface area (Å²) in [6, 6.07) is 8.04. The minimum atomic E-state index is -1.61. The van der Waals surface area contributed by atoms with Gasteiger partial charge in [0.05, 0.1) is 12.3 Å². The molecular formula is C15H8F3N3. The SMILES string of the molecule is [C-]#[N+]c1c(F)c(F)c(Nc2ccc(C)cc2)c(C#N)c1F. The van der Waals surface area contributed by atoms with Gasteiger partial charge in [-0.3, -0.25) is 0 Å². The van der Waals surface area contributed by atoms with Crippen LogP contribution in [0.3, 0.4) is 0 Å². The first-order chi connectivity index (χ1) is 9.99. The van der Waals surface area contributed by atoms with Crippen LogP contribution in [0.2, 0.25) is 0 Å². The van der Waals surface area contributed by atoms with Gasteiger partial charge in [-0.2, -0.15) is 5.26 Å². The van der Waals surface area contributed by atoms with Gasteiger partial charge in [-0.25, -0.2) is 18.0 Å². The van der Waals surface area contributed by atoms with E-state index < -0.39 is 34.4 Å². The molecule has 104 valence electrons. The van der Waals surface area contributed by atoms with Gasteiger partial charge in [0.2, 0.25) is 0 Å². The number of hydrogen-bond acceptors (Lipinski definition) is 2. The third kappa shape index (κ3) is 2.52. The molecule has 2 aromatic carbocycles. The van der Waals surface area contributed by atoms with Crippen LogP contribution in [0.1, 0.15) is 11.1 Å². The highest BCUT2D eigenvalue weighted by Crippen LogP contribution is 2.35. The highest BCUT2D eigenvalue weighted by Gasteiger charge is 2.25. The van der Waals surface area contributed by atoms with Crippen molar-refractivity contribution >= 4 is 17.1 Å². The van der Waals surface area contributed by atoms with Crippen LogP contribution in [0, 0.1) is 42.3 Å². The number of rotatable bonds is 2. The predicted octanol–water partition coefficient (Wildman–Crippen LogP) is 4.58. The lowest BCUT2D eigenvalue weighted by Gasteiger charge is -2.12. The van der Waals surface area contributed by atoms with Gasteiger partial charge in [0, 0.05) is 5.69 Å².